The summed E-state index contributed by atoms with van der Waals surface area (Å²) in [5.41, 5.74) is -0.480. The number of carbonyl (C=O) groups excluding carboxylic acids is 2. The summed E-state index contributed by atoms with van der Waals surface area (Å²) in [5, 5.41) is 2.94. The Bertz CT molecular complexity index is 358. The van der Waals surface area contributed by atoms with Crippen LogP contribution in [-0.4, -0.2) is 55.3 Å². The molecule has 1 saturated heterocycles. The van der Waals surface area contributed by atoms with Crippen molar-refractivity contribution in [3.63, 3.8) is 0 Å². The summed E-state index contributed by atoms with van der Waals surface area (Å²) in [5.74, 6) is 0.0751. The molecule has 0 bridgehead atoms. The van der Waals surface area contributed by atoms with Gasteiger partial charge in [-0.15, -0.1) is 0 Å². The SMILES string of the molecule is CCOCCCNC(=O)C1CCN(C(=O)OC(C)(C)C)CC1. The van der Waals surface area contributed by atoms with E-state index in [9.17, 15) is 9.59 Å². The molecule has 0 saturated carbocycles. The minimum atomic E-state index is -0.480. The van der Waals surface area contributed by atoms with Crippen LogP contribution in [0.2, 0.25) is 0 Å². The number of piperidine rings is 1. The Balaban J connectivity index is 2.24. The van der Waals surface area contributed by atoms with Crippen LogP contribution in [0.3, 0.4) is 0 Å². The van der Waals surface area contributed by atoms with E-state index in [1.54, 1.807) is 4.90 Å². The van der Waals surface area contributed by atoms with Gasteiger partial charge in [-0.05, 0) is 47.0 Å². The monoisotopic (exact) mass is 314 g/mol. The molecule has 0 aliphatic carbocycles. The highest BCUT2D eigenvalue weighted by molar-refractivity contribution is 5.79. The molecule has 0 atom stereocenters. The highest BCUT2D eigenvalue weighted by Crippen LogP contribution is 2.19. The first-order chi connectivity index (χ1) is 10.3. The number of nitrogens with zero attached hydrogens (tertiary/aromatic N) is 1. The molecule has 1 aliphatic heterocycles. The zero-order valence-corrected chi connectivity index (χ0v) is 14.3. The highest BCUT2D eigenvalue weighted by Gasteiger charge is 2.29. The fourth-order valence-electron chi connectivity index (χ4n) is 2.33. The smallest absolute Gasteiger partial charge is 0.410 e. The van der Waals surface area contributed by atoms with E-state index in [4.69, 9.17) is 9.47 Å². The van der Waals surface area contributed by atoms with E-state index >= 15 is 0 Å². The Kier molecular flexibility index (Phi) is 7.65. The number of carbonyl (C=O) groups is 2. The summed E-state index contributed by atoms with van der Waals surface area (Å²) < 4.78 is 10.6. The third kappa shape index (κ3) is 7.11. The van der Waals surface area contributed by atoms with Gasteiger partial charge in [0.25, 0.3) is 0 Å². The van der Waals surface area contributed by atoms with Gasteiger partial charge in [-0.1, -0.05) is 0 Å². The van der Waals surface area contributed by atoms with Crippen LogP contribution in [0.15, 0.2) is 0 Å². The molecule has 6 nitrogen and oxygen atoms in total. The number of hydrogen-bond donors (Lipinski definition) is 1. The van der Waals surface area contributed by atoms with Crippen LogP contribution >= 0.6 is 0 Å². The van der Waals surface area contributed by atoms with Crippen molar-refractivity contribution in [2.75, 3.05) is 32.8 Å². The van der Waals surface area contributed by atoms with Crippen LogP contribution in [0.5, 0.6) is 0 Å². The lowest BCUT2D eigenvalue weighted by molar-refractivity contribution is -0.126. The van der Waals surface area contributed by atoms with Crippen LogP contribution < -0.4 is 5.32 Å². The second-order valence-electron chi connectivity index (χ2n) is 6.58. The Morgan fingerprint density at radius 2 is 1.86 bits per heavy atom. The minimum Gasteiger partial charge on any atom is -0.444 e. The van der Waals surface area contributed by atoms with Gasteiger partial charge in [-0.25, -0.2) is 4.79 Å². The largest absolute Gasteiger partial charge is 0.444 e. The van der Waals surface area contributed by atoms with E-state index in [0.717, 1.165) is 6.42 Å². The van der Waals surface area contributed by atoms with Crippen molar-refractivity contribution in [3.8, 4) is 0 Å². The molecular weight excluding hydrogens is 284 g/mol. The standard InChI is InChI=1S/C16H30N2O4/c1-5-21-12-6-9-17-14(19)13-7-10-18(11-8-13)15(20)22-16(2,3)4/h13H,5-12H2,1-4H3,(H,17,19). The van der Waals surface area contributed by atoms with Gasteiger partial charge in [0, 0.05) is 38.8 Å². The molecule has 1 aliphatic rings. The molecule has 0 spiro atoms. The van der Waals surface area contributed by atoms with E-state index < -0.39 is 5.60 Å². The van der Waals surface area contributed by atoms with Gasteiger partial charge in [0.15, 0.2) is 0 Å². The highest BCUT2D eigenvalue weighted by atomic mass is 16.6. The Morgan fingerprint density at radius 3 is 2.41 bits per heavy atom. The summed E-state index contributed by atoms with van der Waals surface area (Å²) in [6, 6.07) is 0. The second-order valence-corrected chi connectivity index (χ2v) is 6.58. The van der Waals surface area contributed by atoms with E-state index in [1.165, 1.54) is 0 Å². The topological polar surface area (TPSA) is 67.9 Å². The van der Waals surface area contributed by atoms with Gasteiger partial charge >= 0.3 is 6.09 Å². The average Bonchev–Trinajstić information content (AvgIpc) is 2.45. The maximum absolute atomic E-state index is 12.0. The third-order valence-electron chi connectivity index (χ3n) is 3.49. The van der Waals surface area contributed by atoms with Gasteiger partial charge in [-0.3, -0.25) is 4.79 Å². The van der Waals surface area contributed by atoms with Crippen molar-refractivity contribution < 1.29 is 19.1 Å². The predicted octanol–water partition coefficient (Wildman–Crippen LogP) is 2.18. The molecule has 0 aromatic rings. The van der Waals surface area contributed by atoms with Crippen molar-refractivity contribution in [2.45, 2.75) is 52.6 Å². The molecule has 1 rings (SSSR count). The summed E-state index contributed by atoms with van der Waals surface area (Å²) in [6.07, 6.45) is 1.92. The van der Waals surface area contributed by atoms with Crippen molar-refractivity contribution in [3.05, 3.63) is 0 Å². The van der Waals surface area contributed by atoms with E-state index in [-0.39, 0.29) is 17.9 Å². The van der Waals surface area contributed by atoms with Crippen LogP contribution in [0, 0.1) is 5.92 Å². The predicted molar refractivity (Wildman–Crippen MR) is 84.7 cm³/mol. The number of rotatable bonds is 6. The van der Waals surface area contributed by atoms with Crippen LogP contribution in [0.4, 0.5) is 4.79 Å². The van der Waals surface area contributed by atoms with E-state index in [2.05, 4.69) is 5.32 Å². The summed E-state index contributed by atoms with van der Waals surface area (Å²) in [4.78, 5) is 25.7. The fourth-order valence-corrected chi connectivity index (χ4v) is 2.33. The minimum absolute atomic E-state index is 0.00854. The van der Waals surface area contributed by atoms with Crippen molar-refractivity contribution >= 4 is 12.0 Å². The van der Waals surface area contributed by atoms with E-state index in [1.807, 2.05) is 27.7 Å². The van der Waals surface area contributed by atoms with Gasteiger partial charge < -0.3 is 19.7 Å². The number of nitrogens with one attached hydrogen (secondary N) is 1. The Hall–Kier alpha value is -1.30. The summed E-state index contributed by atoms with van der Waals surface area (Å²) in [7, 11) is 0. The first-order valence-electron chi connectivity index (χ1n) is 8.17. The zero-order valence-electron chi connectivity index (χ0n) is 14.3. The fraction of sp³-hybridized carbons (Fsp3) is 0.875. The second kappa shape index (κ2) is 8.98. The molecule has 0 radical (unpaired) electrons. The maximum Gasteiger partial charge on any atom is 0.410 e. The van der Waals surface area contributed by atoms with Gasteiger partial charge in [0.2, 0.25) is 5.91 Å². The maximum atomic E-state index is 12.0. The normalized spacial score (nSPS) is 16.5. The molecule has 1 fully saturated rings. The van der Waals surface area contributed by atoms with Crippen molar-refractivity contribution in [2.24, 2.45) is 5.92 Å². The van der Waals surface area contributed by atoms with Crippen LogP contribution in [-0.2, 0) is 14.3 Å². The average molecular weight is 314 g/mol. The Labute approximate surface area is 133 Å². The summed E-state index contributed by atoms with van der Waals surface area (Å²) in [6.45, 7) is 10.7. The van der Waals surface area contributed by atoms with Gasteiger partial charge in [-0.2, -0.15) is 0 Å². The number of likely N-dealkylation sites (tertiary alicyclic amines) is 1. The lowest BCUT2D eigenvalue weighted by Crippen LogP contribution is -2.45. The molecule has 2 amide bonds. The molecule has 0 aromatic heterocycles. The van der Waals surface area contributed by atoms with Crippen molar-refractivity contribution in [1.82, 2.24) is 10.2 Å². The zero-order chi connectivity index (χ0) is 16.6. The first kappa shape index (κ1) is 18.7. The van der Waals surface area contributed by atoms with Crippen LogP contribution in [0.25, 0.3) is 0 Å². The quantitative estimate of drug-likeness (QED) is 0.763. The lowest BCUT2D eigenvalue weighted by atomic mass is 9.96. The van der Waals surface area contributed by atoms with Crippen LogP contribution in [0.1, 0.15) is 47.0 Å². The molecule has 1 N–H and O–H groups in total. The number of ether oxygens (including phenoxy) is 2. The Morgan fingerprint density at radius 1 is 1.23 bits per heavy atom. The van der Waals surface area contributed by atoms with Crippen molar-refractivity contribution in [1.29, 1.82) is 0 Å². The number of amides is 2. The van der Waals surface area contributed by atoms with Gasteiger partial charge in [0.05, 0.1) is 0 Å². The van der Waals surface area contributed by atoms with E-state index in [0.29, 0.717) is 45.7 Å². The molecular formula is C16H30N2O4. The molecule has 128 valence electrons. The molecule has 6 heteroatoms. The third-order valence-corrected chi connectivity index (χ3v) is 3.49. The van der Waals surface area contributed by atoms with Gasteiger partial charge in [0.1, 0.15) is 5.60 Å². The molecule has 0 unspecified atom stereocenters. The molecule has 0 aromatic carbocycles. The molecule has 1 heterocycles. The number of hydrogen-bond acceptors (Lipinski definition) is 4. The first-order valence-corrected chi connectivity index (χ1v) is 8.17. The molecule has 22 heavy (non-hydrogen) atoms. The summed E-state index contributed by atoms with van der Waals surface area (Å²) >= 11 is 0. The lowest BCUT2D eigenvalue weighted by Gasteiger charge is -2.32.